The number of hydrogen-bond donors (Lipinski definition) is 0. The number of para-hydroxylation sites is 1. The van der Waals surface area contributed by atoms with Crippen molar-refractivity contribution < 1.29 is 14.4 Å². The topological polar surface area (TPSA) is 73.6 Å². The van der Waals surface area contributed by atoms with Gasteiger partial charge in [0.05, 0.1) is 29.0 Å². The van der Waals surface area contributed by atoms with Crippen LogP contribution in [-0.2, 0) is 14.4 Å². The van der Waals surface area contributed by atoms with E-state index in [0.29, 0.717) is 11.3 Å². The lowest BCUT2D eigenvalue weighted by molar-refractivity contribution is -0.126. The van der Waals surface area contributed by atoms with E-state index < -0.39 is 24.0 Å². The van der Waals surface area contributed by atoms with Gasteiger partial charge in [-0.1, -0.05) is 42.5 Å². The molecule has 0 saturated carbocycles. The summed E-state index contributed by atoms with van der Waals surface area (Å²) in [7, 11) is 0. The van der Waals surface area contributed by atoms with Gasteiger partial charge < -0.3 is 0 Å². The molecule has 152 valence electrons. The third-order valence-electron chi connectivity index (χ3n) is 5.89. The summed E-state index contributed by atoms with van der Waals surface area (Å²) in [6, 6.07) is 25.4. The molecule has 0 radical (unpaired) electrons. The van der Waals surface area contributed by atoms with Gasteiger partial charge in [0.15, 0.2) is 6.10 Å². The Hall–Kier alpha value is -3.95. The number of rotatable bonds is 3. The van der Waals surface area contributed by atoms with Crippen LogP contribution in [-0.4, -0.2) is 17.9 Å². The fraction of sp³-hybridized carbons (Fsp3) is 0.160. The summed E-state index contributed by atoms with van der Waals surface area (Å²) >= 11 is 0. The monoisotopic (exact) mass is 409 g/mol. The van der Waals surface area contributed by atoms with Gasteiger partial charge in [0, 0.05) is 0 Å². The van der Waals surface area contributed by atoms with Crippen LogP contribution in [0.2, 0.25) is 0 Å². The molecule has 0 bridgehead atoms. The molecule has 6 nitrogen and oxygen atoms in total. The Labute approximate surface area is 179 Å². The van der Waals surface area contributed by atoms with E-state index in [9.17, 15) is 9.59 Å². The van der Waals surface area contributed by atoms with Gasteiger partial charge in [0.2, 0.25) is 5.91 Å². The number of aryl methyl sites for hydroxylation is 1. The van der Waals surface area contributed by atoms with Crippen molar-refractivity contribution in [2.45, 2.75) is 19.1 Å². The molecule has 3 aromatic rings. The first-order valence-electron chi connectivity index (χ1n) is 10.0. The lowest BCUT2D eigenvalue weighted by atomic mass is 9.88. The molecule has 0 unspecified atom stereocenters. The third-order valence-corrected chi connectivity index (χ3v) is 5.89. The van der Waals surface area contributed by atoms with Gasteiger partial charge in [-0.2, -0.15) is 5.26 Å². The molecule has 2 heterocycles. The lowest BCUT2D eigenvalue weighted by Crippen LogP contribution is -2.37. The van der Waals surface area contributed by atoms with Crippen molar-refractivity contribution in [3.63, 3.8) is 0 Å². The maximum atomic E-state index is 13.6. The largest absolute Gasteiger partial charge is 0.273 e. The van der Waals surface area contributed by atoms with Crippen molar-refractivity contribution in [2.75, 3.05) is 9.96 Å². The van der Waals surface area contributed by atoms with E-state index in [1.807, 2.05) is 67.6 Å². The maximum absolute atomic E-state index is 13.6. The van der Waals surface area contributed by atoms with Gasteiger partial charge in [0.25, 0.3) is 5.91 Å². The second kappa shape index (κ2) is 7.38. The number of benzene rings is 3. The number of nitrogens with zero attached hydrogens (tertiary/aromatic N) is 3. The van der Waals surface area contributed by atoms with Crippen molar-refractivity contribution in [3.8, 4) is 6.07 Å². The average Bonchev–Trinajstić information content (AvgIpc) is 3.31. The number of hydroxylamine groups is 1. The van der Waals surface area contributed by atoms with Gasteiger partial charge in [-0.05, 0) is 54.4 Å². The Bertz CT molecular complexity index is 1200. The molecule has 2 amide bonds. The normalized spacial score (nSPS) is 22.5. The molecule has 2 fully saturated rings. The van der Waals surface area contributed by atoms with Crippen molar-refractivity contribution in [1.82, 2.24) is 0 Å². The summed E-state index contributed by atoms with van der Waals surface area (Å²) in [6.45, 7) is 1.99. The fourth-order valence-corrected chi connectivity index (χ4v) is 4.39. The molecule has 31 heavy (non-hydrogen) atoms. The standard InChI is InChI=1S/C25H19N3O3/c1-16-7-5-6-10-20(16)22-21-23(31-28(22)19-8-3-2-4-9-19)25(30)27(24(21)29)18-13-11-17(15-26)12-14-18/h2-14,21-23H,1H3/t21-,22+,23+/m0/s1. The van der Waals surface area contributed by atoms with E-state index in [2.05, 4.69) is 0 Å². The predicted molar refractivity (Wildman–Crippen MR) is 115 cm³/mol. The molecular weight excluding hydrogens is 390 g/mol. The van der Waals surface area contributed by atoms with E-state index in [4.69, 9.17) is 10.1 Å². The third kappa shape index (κ3) is 2.98. The van der Waals surface area contributed by atoms with Gasteiger partial charge in [0.1, 0.15) is 5.92 Å². The Balaban J connectivity index is 1.59. The van der Waals surface area contributed by atoms with Crippen molar-refractivity contribution in [1.29, 1.82) is 5.26 Å². The van der Waals surface area contributed by atoms with Crippen LogP contribution in [0.15, 0.2) is 78.9 Å². The summed E-state index contributed by atoms with van der Waals surface area (Å²) in [6.07, 6.45) is -0.909. The first-order valence-corrected chi connectivity index (χ1v) is 10.0. The number of carbonyl (C=O) groups excluding carboxylic acids is 2. The molecule has 3 aromatic carbocycles. The zero-order valence-corrected chi connectivity index (χ0v) is 16.8. The van der Waals surface area contributed by atoms with Crippen LogP contribution in [0.25, 0.3) is 0 Å². The number of carbonyl (C=O) groups is 2. The van der Waals surface area contributed by atoms with E-state index in [-0.39, 0.29) is 5.91 Å². The molecule has 0 spiro atoms. The quantitative estimate of drug-likeness (QED) is 0.613. The van der Waals surface area contributed by atoms with Crippen LogP contribution in [0.1, 0.15) is 22.7 Å². The van der Waals surface area contributed by atoms with Gasteiger partial charge in [-0.3, -0.25) is 14.4 Å². The highest BCUT2D eigenvalue weighted by atomic mass is 16.7. The summed E-state index contributed by atoms with van der Waals surface area (Å²) in [4.78, 5) is 34.2. The van der Waals surface area contributed by atoms with E-state index >= 15 is 0 Å². The fourth-order valence-electron chi connectivity index (χ4n) is 4.39. The predicted octanol–water partition coefficient (Wildman–Crippen LogP) is 3.92. The Morgan fingerprint density at radius 3 is 2.19 bits per heavy atom. The molecule has 0 aromatic heterocycles. The van der Waals surface area contributed by atoms with Crippen LogP contribution in [0, 0.1) is 24.2 Å². The number of nitriles is 1. The summed E-state index contributed by atoms with van der Waals surface area (Å²) in [5.74, 6) is -1.37. The number of amides is 2. The maximum Gasteiger partial charge on any atom is 0.266 e. The first-order chi connectivity index (χ1) is 15.1. The molecule has 2 saturated heterocycles. The molecule has 0 aliphatic carbocycles. The first kappa shape index (κ1) is 19.0. The SMILES string of the molecule is Cc1ccccc1[C@@H]1[C@@H]2C(=O)N(c3ccc(C#N)cc3)C(=O)[C@@H]2ON1c1ccccc1. The van der Waals surface area contributed by atoms with E-state index in [1.54, 1.807) is 29.3 Å². The summed E-state index contributed by atoms with van der Waals surface area (Å²) in [5, 5.41) is 10.7. The second-order valence-corrected chi connectivity index (χ2v) is 7.69. The van der Waals surface area contributed by atoms with E-state index in [1.165, 1.54) is 4.90 Å². The number of hydrogen-bond acceptors (Lipinski definition) is 5. The second-order valence-electron chi connectivity index (χ2n) is 7.69. The zero-order chi connectivity index (χ0) is 21.5. The highest BCUT2D eigenvalue weighted by Crippen LogP contribution is 2.48. The van der Waals surface area contributed by atoms with Gasteiger partial charge in [-0.15, -0.1) is 0 Å². The minimum Gasteiger partial charge on any atom is -0.273 e. The molecule has 5 rings (SSSR count). The molecular formula is C25H19N3O3. The highest BCUT2D eigenvalue weighted by molar-refractivity contribution is 6.23. The summed E-state index contributed by atoms with van der Waals surface area (Å²) in [5.41, 5.74) is 3.67. The van der Waals surface area contributed by atoms with Crippen LogP contribution < -0.4 is 9.96 Å². The van der Waals surface area contributed by atoms with Crippen molar-refractivity contribution in [2.24, 2.45) is 5.92 Å². The van der Waals surface area contributed by atoms with Crippen LogP contribution in [0.4, 0.5) is 11.4 Å². The zero-order valence-electron chi connectivity index (χ0n) is 16.8. The van der Waals surface area contributed by atoms with Gasteiger partial charge in [-0.25, -0.2) is 9.96 Å². The Morgan fingerprint density at radius 1 is 0.839 bits per heavy atom. The Morgan fingerprint density at radius 2 is 1.52 bits per heavy atom. The minimum absolute atomic E-state index is 0.300. The van der Waals surface area contributed by atoms with Crippen molar-refractivity contribution in [3.05, 3.63) is 95.6 Å². The number of anilines is 2. The van der Waals surface area contributed by atoms with Gasteiger partial charge >= 0.3 is 0 Å². The average molecular weight is 409 g/mol. The van der Waals surface area contributed by atoms with Crippen LogP contribution in [0.5, 0.6) is 0 Å². The smallest absolute Gasteiger partial charge is 0.266 e. The number of fused-ring (bicyclic) bond motifs is 1. The molecule has 0 N–H and O–H groups in total. The Kier molecular flexibility index (Phi) is 4.54. The van der Waals surface area contributed by atoms with Crippen molar-refractivity contribution >= 4 is 23.2 Å². The molecule has 3 atom stereocenters. The highest BCUT2D eigenvalue weighted by Gasteiger charge is 2.60. The minimum atomic E-state index is -0.909. The molecule has 2 aliphatic rings. The lowest BCUT2D eigenvalue weighted by Gasteiger charge is -2.29. The van der Waals surface area contributed by atoms with Crippen LogP contribution in [0.3, 0.4) is 0 Å². The molecule has 6 heteroatoms. The van der Waals surface area contributed by atoms with Crippen LogP contribution >= 0.6 is 0 Å². The van der Waals surface area contributed by atoms with E-state index in [0.717, 1.165) is 16.8 Å². The molecule has 2 aliphatic heterocycles. The number of imide groups is 1. The summed E-state index contributed by atoms with van der Waals surface area (Å²) < 4.78 is 0.